The van der Waals surface area contributed by atoms with Crippen molar-refractivity contribution in [2.24, 2.45) is 5.41 Å². The summed E-state index contributed by atoms with van der Waals surface area (Å²) < 4.78 is 12.9. The lowest BCUT2D eigenvalue weighted by Crippen LogP contribution is -2.37. The van der Waals surface area contributed by atoms with Gasteiger partial charge in [-0.2, -0.15) is 0 Å². The molecule has 0 aliphatic rings. The maximum atomic E-state index is 12.9. The maximum absolute atomic E-state index is 12.9. The molecule has 0 spiro atoms. The number of halogens is 1. The van der Waals surface area contributed by atoms with Crippen molar-refractivity contribution in [3.8, 4) is 0 Å². The highest BCUT2D eigenvalue weighted by molar-refractivity contribution is 5.94. The van der Waals surface area contributed by atoms with E-state index in [9.17, 15) is 9.18 Å². The zero-order chi connectivity index (χ0) is 13.9. The summed E-state index contributed by atoms with van der Waals surface area (Å²) >= 11 is 0. The van der Waals surface area contributed by atoms with Crippen LogP contribution >= 0.6 is 0 Å². The normalized spacial score (nSPS) is 11.7. The van der Waals surface area contributed by atoms with Gasteiger partial charge in [-0.1, -0.05) is 32.9 Å². The minimum Gasteiger partial charge on any atom is -0.275 e. The number of benzene rings is 1. The summed E-state index contributed by atoms with van der Waals surface area (Å²) in [6, 6.07) is 5.91. The lowest BCUT2D eigenvalue weighted by atomic mass is 9.76. The Morgan fingerprint density at radius 3 is 2.11 bits per heavy atom. The number of likely N-dealkylation sites (N-methyl/N-ethyl adjacent to an activating group) is 1. The second kappa shape index (κ2) is 5.48. The smallest absolute Gasteiger partial charge is 0.258 e. The average molecular weight is 252 g/mol. The van der Waals surface area contributed by atoms with E-state index in [0.717, 1.165) is 0 Å². The molecule has 0 fully saturated rings. The average Bonchev–Trinajstić information content (AvgIpc) is 2.29. The Hall–Kier alpha value is -1.42. The molecule has 0 atom stereocenters. The van der Waals surface area contributed by atoms with Gasteiger partial charge in [0, 0.05) is 7.05 Å². The lowest BCUT2D eigenvalue weighted by Gasteiger charge is -2.31. The van der Waals surface area contributed by atoms with Crippen LogP contribution in [0.25, 0.3) is 0 Å². The highest BCUT2D eigenvalue weighted by Gasteiger charge is 2.35. The third-order valence-electron chi connectivity index (χ3n) is 2.66. The van der Waals surface area contributed by atoms with E-state index in [2.05, 4.69) is 0 Å². The Bertz CT molecular complexity index is 409. The number of hydrogen-bond donors (Lipinski definition) is 0. The van der Waals surface area contributed by atoms with Gasteiger partial charge in [0.25, 0.3) is 5.91 Å². The molecule has 0 aliphatic carbocycles. The molecule has 1 rings (SSSR count). The highest BCUT2D eigenvalue weighted by atomic mass is 19.1. The van der Waals surface area contributed by atoms with Crippen molar-refractivity contribution < 1.29 is 14.0 Å². The van der Waals surface area contributed by atoms with Crippen LogP contribution in [0.1, 0.15) is 26.3 Å². The number of amides is 1. The molecule has 0 saturated heterocycles. The van der Waals surface area contributed by atoms with Crippen molar-refractivity contribution in [3.63, 3.8) is 0 Å². The van der Waals surface area contributed by atoms with Gasteiger partial charge in [0.15, 0.2) is 0 Å². The quantitative estimate of drug-likeness (QED) is 0.774. The molecule has 1 amide bonds. The molecule has 0 aliphatic heterocycles. The summed E-state index contributed by atoms with van der Waals surface area (Å²) in [6.45, 7) is 5.81. The fourth-order valence-corrected chi connectivity index (χ4v) is 1.73. The minimum atomic E-state index is -0.359. The van der Waals surface area contributed by atoms with Crippen LogP contribution in [-0.2, 0) is 9.63 Å². The summed E-state index contributed by atoms with van der Waals surface area (Å²) in [7, 11) is 2.99. The molecule has 1 radical (unpaired) electrons. The molecule has 3 nitrogen and oxygen atoms in total. The highest BCUT2D eigenvalue weighted by Crippen LogP contribution is 2.35. The van der Waals surface area contributed by atoms with Gasteiger partial charge in [0.05, 0.1) is 7.11 Å². The van der Waals surface area contributed by atoms with Gasteiger partial charge in [-0.05, 0) is 23.1 Å². The fraction of sp³-hybridized carbons (Fsp3) is 0.429. The summed E-state index contributed by atoms with van der Waals surface area (Å²) in [5.74, 6) is 0.0445. The third kappa shape index (κ3) is 3.29. The molecule has 0 aromatic heterocycles. The van der Waals surface area contributed by atoms with E-state index in [0.29, 0.717) is 11.5 Å². The molecule has 0 bridgehead atoms. The van der Waals surface area contributed by atoms with E-state index in [4.69, 9.17) is 4.84 Å². The first-order chi connectivity index (χ1) is 8.27. The molecule has 0 N–H and O–H groups in total. The van der Waals surface area contributed by atoms with Crippen LogP contribution in [0, 0.1) is 17.2 Å². The summed E-state index contributed by atoms with van der Waals surface area (Å²) in [5, 5.41) is 1.17. The Morgan fingerprint density at radius 2 is 1.72 bits per heavy atom. The molecule has 0 saturated carbocycles. The second-order valence-electron chi connectivity index (χ2n) is 5.12. The monoisotopic (exact) mass is 252 g/mol. The molecule has 1 aromatic carbocycles. The molecule has 99 valence electrons. The third-order valence-corrected chi connectivity index (χ3v) is 2.66. The topological polar surface area (TPSA) is 29.5 Å². The number of hydrogen-bond acceptors (Lipinski definition) is 2. The van der Waals surface area contributed by atoms with Crippen LogP contribution in [0.3, 0.4) is 0 Å². The molecule has 1 aromatic rings. The van der Waals surface area contributed by atoms with Crippen molar-refractivity contribution in [2.45, 2.75) is 20.8 Å². The van der Waals surface area contributed by atoms with E-state index < -0.39 is 0 Å². The van der Waals surface area contributed by atoms with Gasteiger partial charge in [-0.15, -0.1) is 0 Å². The Labute approximate surface area is 108 Å². The van der Waals surface area contributed by atoms with Crippen molar-refractivity contribution in [1.82, 2.24) is 5.06 Å². The van der Waals surface area contributed by atoms with Gasteiger partial charge < -0.3 is 0 Å². The Morgan fingerprint density at radius 1 is 1.22 bits per heavy atom. The standard InChI is InChI=1S/C14H19FNO2/c1-14(2,3)12(13(17)16(4)18-5)10-6-8-11(15)9-7-10/h6-9H,1-5H3. The van der Waals surface area contributed by atoms with Crippen LogP contribution in [0.15, 0.2) is 24.3 Å². The van der Waals surface area contributed by atoms with E-state index in [1.807, 2.05) is 20.8 Å². The fourth-order valence-electron chi connectivity index (χ4n) is 1.73. The largest absolute Gasteiger partial charge is 0.275 e. The van der Waals surface area contributed by atoms with Crippen molar-refractivity contribution in [2.75, 3.05) is 14.2 Å². The first kappa shape index (κ1) is 14.6. The van der Waals surface area contributed by atoms with E-state index in [-0.39, 0.29) is 17.1 Å². The minimum absolute atomic E-state index is 0.225. The number of hydroxylamine groups is 2. The second-order valence-corrected chi connectivity index (χ2v) is 5.12. The number of carbonyl (C=O) groups is 1. The predicted molar refractivity (Wildman–Crippen MR) is 68.0 cm³/mol. The molecule has 4 heteroatoms. The molecule has 0 unspecified atom stereocenters. The van der Waals surface area contributed by atoms with Gasteiger partial charge in [0.2, 0.25) is 0 Å². The van der Waals surface area contributed by atoms with Gasteiger partial charge in [0.1, 0.15) is 11.7 Å². The van der Waals surface area contributed by atoms with Gasteiger partial charge in [-0.25, -0.2) is 9.45 Å². The SMILES string of the molecule is CON(C)C(=O)[C](c1ccc(F)cc1)C(C)(C)C. The van der Waals surface area contributed by atoms with Crippen LogP contribution in [0.5, 0.6) is 0 Å². The van der Waals surface area contributed by atoms with Crippen LogP contribution in [-0.4, -0.2) is 25.1 Å². The molecule has 18 heavy (non-hydrogen) atoms. The lowest BCUT2D eigenvalue weighted by molar-refractivity contribution is -0.167. The van der Waals surface area contributed by atoms with Crippen LogP contribution < -0.4 is 0 Å². The number of nitrogens with zero attached hydrogens (tertiary/aromatic N) is 1. The van der Waals surface area contributed by atoms with Crippen molar-refractivity contribution in [3.05, 3.63) is 41.6 Å². The van der Waals surface area contributed by atoms with Gasteiger partial charge in [-0.3, -0.25) is 9.63 Å². The van der Waals surface area contributed by atoms with E-state index in [1.54, 1.807) is 19.2 Å². The van der Waals surface area contributed by atoms with Crippen LogP contribution in [0.4, 0.5) is 4.39 Å². The maximum Gasteiger partial charge on any atom is 0.258 e. The predicted octanol–water partition coefficient (Wildman–Crippen LogP) is 2.81. The zero-order valence-corrected chi connectivity index (χ0v) is 11.5. The summed E-state index contributed by atoms with van der Waals surface area (Å²) in [4.78, 5) is 17.2. The van der Waals surface area contributed by atoms with Crippen molar-refractivity contribution in [1.29, 1.82) is 0 Å². The van der Waals surface area contributed by atoms with Crippen LogP contribution in [0.2, 0.25) is 0 Å². The zero-order valence-electron chi connectivity index (χ0n) is 11.5. The van der Waals surface area contributed by atoms with E-state index >= 15 is 0 Å². The molecular weight excluding hydrogens is 233 g/mol. The number of carbonyl (C=O) groups excluding carboxylic acids is 1. The first-order valence-corrected chi connectivity index (χ1v) is 5.73. The van der Waals surface area contributed by atoms with Crippen molar-refractivity contribution >= 4 is 5.91 Å². The molecular formula is C14H19FNO2. The summed E-state index contributed by atoms with van der Waals surface area (Å²) in [5.41, 5.74) is 0.347. The molecule has 0 heterocycles. The van der Waals surface area contributed by atoms with E-state index in [1.165, 1.54) is 24.3 Å². The number of rotatable bonds is 3. The van der Waals surface area contributed by atoms with Gasteiger partial charge >= 0.3 is 0 Å². The Kier molecular flexibility index (Phi) is 4.46. The summed E-state index contributed by atoms with van der Waals surface area (Å²) in [6.07, 6.45) is 0. The Balaban J connectivity index is 3.14. The first-order valence-electron chi connectivity index (χ1n) is 5.73.